The summed E-state index contributed by atoms with van der Waals surface area (Å²) in [7, 11) is 0. The molecule has 0 amide bonds. The van der Waals surface area contributed by atoms with Gasteiger partial charge in [-0.15, -0.1) is 0 Å². The van der Waals surface area contributed by atoms with Gasteiger partial charge in [-0.3, -0.25) is 4.90 Å². The number of piperazine rings is 1. The average Bonchev–Trinajstić information content (AvgIpc) is 2.98. The summed E-state index contributed by atoms with van der Waals surface area (Å²) < 4.78 is 5.28. The van der Waals surface area contributed by atoms with Gasteiger partial charge in [-0.1, -0.05) is 29.4 Å². The molecule has 1 saturated heterocycles. The molecule has 4 rings (SSSR count). The molecule has 4 nitrogen and oxygen atoms in total. The van der Waals surface area contributed by atoms with Gasteiger partial charge in [0.2, 0.25) is 0 Å². The second-order valence-electron chi connectivity index (χ2n) is 7.60. The van der Waals surface area contributed by atoms with Gasteiger partial charge in [0.25, 0.3) is 0 Å². The van der Waals surface area contributed by atoms with Crippen LogP contribution in [0.2, 0.25) is 0 Å². The van der Waals surface area contributed by atoms with Gasteiger partial charge in [-0.25, -0.2) is 0 Å². The summed E-state index contributed by atoms with van der Waals surface area (Å²) in [5, 5.41) is 4.07. The predicted molar refractivity (Wildman–Crippen MR) is 99.9 cm³/mol. The molecule has 4 heteroatoms. The van der Waals surface area contributed by atoms with E-state index in [1.807, 2.05) is 13.8 Å². The van der Waals surface area contributed by atoms with Crippen LogP contribution in [-0.2, 0) is 19.3 Å². The van der Waals surface area contributed by atoms with E-state index in [0.29, 0.717) is 0 Å². The van der Waals surface area contributed by atoms with Crippen molar-refractivity contribution < 1.29 is 4.52 Å². The molecule has 2 heterocycles. The predicted octanol–water partition coefficient (Wildman–Crippen LogP) is 3.01. The van der Waals surface area contributed by atoms with Gasteiger partial charge < -0.3 is 9.42 Å². The minimum absolute atomic E-state index is 0.736. The van der Waals surface area contributed by atoms with Crippen LogP contribution in [0.5, 0.6) is 0 Å². The highest BCUT2D eigenvalue weighted by Crippen LogP contribution is 2.25. The lowest BCUT2D eigenvalue weighted by Gasteiger charge is -2.41. The number of nitrogens with zero attached hydrogens (tertiary/aromatic N) is 3. The normalized spacial score (nSPS) is 22.1. The minimum atomic E-state index is 0.736. The molecule has 0 radical (unpaired) electrons. The Morgan fingerprint density at radius 3 is 2.56 bits per heavy atom. The van der Waals surface area contributed by atoms with E-state index in [1.165, 1.54) is 51.0 Å². The van der Waals surface area contributed by atoms with Crippen molar-refractivity contribution in [1.29, 1.82) is 0 Å². The maximum atomic E-state index is 5.28. The van der Waals surface area contributed by atoms with E-state index in [-0.39, 0.29) is 0 Å². The zero-order chi connectivity index (χ0) is 17.2. The van der Waals surface area contributed by atoms with Crippen LogP contribution in [0.15, 0.2) is 28.8 Å². The lowest BCUT2D eigenvalue weighted by Crippen LogP contribution is -2.52. The summed E-state index contributed by atoms with van der Waals surface area (Å²) in [6, 6.07) is 9.73. The number of benzene rings is 1. The number of hydrogen-bond acceptors (Lipinski definition) is 4. The van der Waals surface area contributed by atoms with E-state index in [9.17, 15) is 0 Å². The zero-order valence-electron chi connectivity index (χ0n) is 15.5. The fraction of sp³-hybridized carbons (Fsp3) is 0.571. The largest absolute Gasteiger partial charge is 0.361 e. The first-order chi connectivity index (χ1) is 12.2. The van der Waals surface area contributed by atoms with E-state index in [2.05, 4.69) is 39.2 Å². The first kappa shape index (κ1) is 16.8. The topological polar surface area (TPSA) is 32.5 Å². The van der Waals surface area contributed by atoms with Gasteiger partial charge in [-0.2, -0.15) is 0 Å². The molecule has 25 heavy (non-hydrogen) atoms. The Morgan fingerprint density at radius 1 is 1.08 bits per heavy atom. The fourth-order valence-electron chi connectivity index (χ4n) is 4.47. The number of aromatic nitrogens is 1. The van der Waals surface area contributed by atoms with Gasteiger partial charge >= 0.3 is 0 Å². The lowest BCUT2D eigenvalue weighted by atomic mass is 9.87. The maximum Gasteiger partial charge on any atom is 0.137 e. The van der Waals surface area contributed by atoms with Crippen molar-refractivity contribution in [2.45, 2.75) is 45.6 Å². The summed E-state index contributed by atoms with van der Waals surface area (Å²) in [6.45, 7) is 9.95. The smallest absolute Gasteiger partial charge is 0.137 e. The molecule has 1 fully saturated rings. The summed E-state index contributed by atoms with van der Waals surface area (Å²) in [6.07, 6.45) is 4.84. The Balaban J connectivity index is 1.28. The molecule has 1 aromatic heterocycles. The molecule has 2 aliphatic rings. The Kier molecular flexibility index (Phi) is 4.91. The highest BCUT2D eigenvalue weighted by Gasteiger charge is 2.27. The van der Waals surface area contributed by atoms with E-state index < -0.39 is 0 Å². The standard InChI is InChI=1S/C21H29N3O/c1-16-21(17(2)25-22-16)9-10-23-11-13-24(14-12-23)20-8-7-18-5-3-4-6-19(18)15-20/h3-6,20H,7-15H2,1-2H3. The molecule has 1 aromatic carbocycles. The van der Waals surface area contributed by atoms with Crippen LogP contribution < -0.4 is 0 Å². The summed E-state index contributed by atoms with van der Waals surface area (Å²) in [5.74, 6) is 0.983. The molecule has 1 atom stereocenters. The van der Waals surface area contributed by atoms with Crippen molar-refractivity contribution in [2.75, 3.05) is 32.7 Å². The number of aryl methyl sites for hydroxylation is 3. The minimum Gasteiger partial charge on any atom is -0.361 e. The highest BCUT2D eigenvalue weighted by atomic mass is 16.5. The Bertz CT molecular complexity index is 696. The molecule has 0 saturated carbocycles. The fourth-order valence-corrected chi connectivity index (χ4v) is 4.47. The van der Waals surface area contributed by atoms with E-state index >= 15 is 0 Å². The van der Waals surface area contributed by atoms with Crippen molar-refractivity contribution >= 4 is 0 Å². The summed E-state index contributed by atoms with van der Waals surface area (Å²) in [4.78, 5) is 5.32. The third-order valence-corrected chi connectivity index (χ3v) is 6.10. The second-order valence-corrected chi connectivity index (χ2v) is 7.60. The van der Waals surface area contributed by atoms with Crippen LogP contribution in [0.1, 0.15) is 34.6 Å². The van der Waals surface area contributed by atoms with Gasteiger partial charge in [0.05, 0.1) is 5.69 Å². The molecule has 0 N–H and O–H groups in total. The van der Waals surface area contributed by atoms with Gasteiger partial charge in [0, 0.05) is 44.3 Å². The SMILES string of the molecule is Cc1noc(C)c1CCN1CCN(C2CCc3ccccc3C2)CC1. The van der Waals surface area contributed by atoms with Crippen LogP contribution in [-0.4, -0.2) is 53.7 Å². The Labute approximate surface area is 150 Å². The zero-order valence-corrected chi connectivity index (χ0v) is 15.5. The van der Waals surface area contributed by atoms with Gasteiger partial charge in [0.1, 0.15) is 5.76 Å². The van der Waals surface area contributed by atoms with Crippen molar-refractivity contribution in [3.63, 3.8) is 0 Å². The molecule has 2 aromatic rings. The monoisotopic (exact) mass is 339 g/mol. The van der Waals surface area contributed by atoms with Crippen LogP contribution in [0.4, 0.5) is 0 Å². The quantitative estimate of drug-likeness (QED) is 0.857. The van der Waals surface area contributed by atoms with Gasteiger partial charge in [0.15, 0.2) is 0 Å². The maximum absolute atomic E-state index is 5.28. The van der Waals surface area contributed by atoms with Crippen molar-refractivity contribution in [3.8, 4) is 0 Å². The first-order valence-electron chi connectivity index (χ1n) is 9.65. The van der Waals surface area contributed by atoms with Crippen molar-refractivity contribution in [2.24, 2.45) is 0 Å². The summed E-state index contributed by atoms with van der Waals surface area (Å²) >= 11 is 0. The number of fused-ring (bicyclic) bond motifs is 1. The average molecular weight is 339 g/mol. The van der Waals surface area contributed by atoms with E-state index in [1.54, 1.807) is 11.1 Å². The van der Waals surface area contributed by atoms with Crippen molar-refractivity contribution in [3.05, 3.63) is 52.4 Å². The lowest BCUT2D eigenvalue weighted by molar-refractivity contribution is 0.0901. The molecular formula is C21H29N3O. The third-order valence-electron chi connectivity index (χ3n) is 6.10. The number of hydrogen-bond donors (Lipinski definition) is 0. The van der Waals surface area contributed by atoms with Crippen LogP contribution in [0.3, 0.4) is 0 Å². The first-order valence-corrected chi connectivity index (χ1v) is 9.65. The highest BCUT2D eigenvalue weighted by molar-refractivity contribution is 5.30. The van der Waals surface area contributed by atoms with Gasteiger partial charge in [-0.05, 0) is 50.7 Å². The van der Waals surface area contributed by atoms with E-state index in [0.717, 1.165) is 30.5 Å². The molecule has 1 unspecified atom stereocenters. The molecule has 1 aliphatic carbocycles. The molecule has 1 aliphatic heterocycles. The summed E-state index contributed by atoms with van der Waals surface area (Å²) in [5.41, 5.74) is 5.49. The molecule has 0 bridgehead atoms. The number of rotatable bonds is 4. The third kappa shape index (κ3) is 3.65. The van der Waals surface area contributed by atoms with Crippen molar-refractivity contribution in [1.82, 2.24) is 15.0 Å². The molecular weight excluding hydrogens is 310 g/mol. The molecule has 134 valence electrons. The van der Waals surface area contributed by atoms with Crippen LogP contribution in [0, 0.1) is 13.8 Å². The Hall–Kier alpha value is -1.65. The second kappa shape index (κ2) is 7.30. The van der Waals surface area contributed by atoms with Crippen LogP contribution in [0.25, 0.3) is 0 Å². The molecule has 0 spiro atoms. The van der Waals surface area contributed by atoms with E-state index in [4.69, 9.17) is 4.52 Å². The van der Waals surface area contributed by atoms with Crippen LogP contribution >= 0.6 is 0 Å². The Morgan fingerprint density at radius 2 is 1.84 bits per heavy atom.